The summed E-state index contributed by atoms with van der Waals surface area (Å²) in [6.45, 7) is 13.0. The van der Waals surface area contributed by atoms with Crippen LogP contribution in [0, 0.1) is 5.92 Å². The Labute approximate surface area is 223 Å². The number of aromatic nitrogens is 2. The molecule has 38 heavy (non-hydrogen) atoms. The van der Waals surface area contributed by atoms with Gasteiger partial charge in [0, 0.05) is 6.42 Å². The van der Waals surface area contributed by atoms with Gasteiger partial charge < -0.3 is 38.7 Å². The van der Waals surface area contributed by atoms with E-state index < -0.39 is 42.3 Å². The standard InChI is InChI=1S/C26H37BN4O7/c1-15(2)20(30-23(33)34-7)22(32)31-14-26(35-10-11-36-26)13-19(31)21-28-17-9-8-16(12-18(17)29-21)27-37-24(3,4)25(5,6)38-27/h8-9,12,15,19-20H,10-11,13-14H2,1-7H3,(H,28,29)(H,30,33). The van der Waals surface area contributed by atoms with Crippen LogP contribution in [0.4, 0.5) is 4.79 Å². The van der Waals surface area contributed by atoms with E-state index in [0.717, 1.165) is 16.5 Å². The molecule has 0 bridgehead atoms. The van der Waals surface area contributed by atoms with E-state index in [-0.39, 0.29) is 18.4 Å². The number of hydrogen-bond acceptors (Lipinski definition) is 8. The molecule has 12 heteroatoms. The summed E-state index contributed by atoms with van der Waals surface area (Å²) < 4.78 is 29.1. The van der Waals surface area contributed by atoms with Gasteiger partial charge in [0.2, 0.25) is 5.91 Å². The maximum Gasteiger partial charge on any atom is 0.494 e. The number of H-pyrrole nitrogens is 1. The maximum absolute atomic E-state index is 13.8. The van der Waals surface area contributed by atoms with Crippen molar-refractivity contribution in [1.29, 1.82) is 0 Å². The van der Waals surface area contributed by atoms with Gasteiger partial charge >= 0.3 is 13.2 Å². The van der Waals surface area contributed by atoms with E-state index in [1.165, 1.54) is 7.11 Å². The number of carbonyl (C=O) groups is 2. The molecule has 1 aromatic heterocycles. The molecule has 4 heterocycles. The molecule has 3 saturated heterocycles. The summed E-state index contributed by atoms with van der Waals surface area (Å²) in [6.07, 6.45) is -0.235. The first-order valence-electron chi connectivity index (χ1n) is 13.1. The first-order valence-corrected chi connectivity index (χ1v) is 13.1. The topological polar surface area (TPSA) is 124 Å². The number of nitrogens with zero attached hydrogens (tertiary/aromatic N) is 2. The molecule has 1 aromatic carbocycles. The van der Waals surface area contributed by atoms with Gasteiger partial charge in [-0.1, -0.05) is 19.9 Å². The van der Waals surface area contributed by atoms with Gasteiger partial charge in [0.1, 0.15) is 11.9 Å². The van der Waals surface area contributed by atoms with E-state index in [2.05, 4.69) is 10.3 Å². The van der Waals surface area contributed by atoms with Crippen LogP contribution < -0.4 is 10.8 Å². The number of benzene rings is 1. The smallest absolute Gasteiger partial charge is 0.453 e. The van der Waals surface area contributed by atoms with Crippen molar-refractivity contribution in [1.82, 2.24) is 20.2 Å². The first kappa shape index (κ1) is 26.9. The van der Waals surface area contributed by atoms with Crippen molar-refractivity contribution < 1.29 is 33.1 Å². The fourth-order valence-corrected chi connectivity index (χ4v) is 5.23. The third-order valence-corrected chi connectivity index (χ3v) is 8.15. The number of amides is 2. The highest BCUT2D eigenvalue weighted by Gasteiger charge is 2.53. The normalized spacial score (nSPS) is 24.5. The lowest BCUT2D eigenvalue weighted by atomic mass is 9.79. The Balaban J connectivity index is 1.45. The summed E-state index contributed by atoms with van der Waals surface area (Å²) >= 11 is 0. The molecular formula is C26H37BN4O7. The molecule has 11 nitrogen and oxygen atoms in total. The Morgan fingerprint density at radius 1 is 1.16 bits per heavy atom. The number of ether oxygens (including phenoxy) is 3. The number of fused-ring (bicyclic) bond motifs is 1. The molecule has 0 radical (unpaired) electrons. The molecular weight excluding hydrogens is 491 g/mol. The van der Waals surface area contributed by atoms with Crippen LogP contribution >= 0.6 is 0 Å². The maximum atomic E-state index is 13.8. The van der Waals surface area contributed by atoms with Crippen LogP contribution in [-0.4, -0.2) is 83.9 Å². The highest BCUT2D eigenvalue weighted by molar-refractivity contribution is 6.62. The van der Waals surface area contributed by atoms with Gasteiger partial charge in [-0.15, -0.1) is 0 Å². The highest BCUT2D eigenvalue weighted by Crippen LogP contribution is 2.43. The first-order chi connectivity index (χ1) is 17.8. The molecule has 2 aromatic rings. The van der Waals surface area contributed by atoms with Crippen molar-refractivity contribution in [2.24, 2.45) is 5.92 Å². The highest BCUT2D eigenvalue weighted by atomic mass is 16.7. The monoisotopic (exact) mass is 528 g/mol. The fourth-order valence-electron chi connectivity index (χ4n) is 5.23. The number of imidazole rings is 1. The molecule has 2 N–H and O–H groups in total. The summed E-state index contributed by atoms with van der Waals surface area (Å²) in [5.41, 5.74) is 1.55. The number of alkyl carbamates (subject to hydrolysis) is 1. The largest absolute Gasteiger partial charge is 0.494 e. The molecule has 2 amide bonds. The predicted octanol–water partition coefficient (Wildman–Crippen LogP) is 2.26. The second kappa shape index (κ2) is 9.51. The second-order valence-corrected chi connectivity index (χ2v) is 11.6. The summed E-state index contributed by atoms with van der Waals surface area (Å²) in [5, 5.41) is 2.68. The molecule has 5 rings (SSSR count). The Hall–Kier alpha value is -2.67. The van der Waals surface area contributed by atoms with Crippen LogP contribution in [0.5, 0.6) is 0 Å². The number of carbonyl (C=O) groups excluding carboxylic acids is 2. The molecule has 206 valence electrons. The molecule has 2 atom stereocenters. The van der Waals surface area contributed by atoms with Crippen LogP contribution in [-0.2, 0) is 28.3 Å². The van der Waals surface area contributed by atoms with Crippen molar-refractivity contribution in [2.45, 2.75) is 77.0 Å². The van der Waals surface area contributed by atoms with Crippen LogP contribution in [0.2, 0.25) is 0 Å². The average Bonchev–Trinajstić information content (AvgIpc) is 3.62. The quantitative estimate of drug-likeness (QED) is 0.567. The lowest BCUT2D eigenvalue weighted by Crippen LogP contribution is -2.52. The zero-order chi connectivity index (χ0) is 27.5. The summed E-state index contributed by atoms with van der Waals surface area (Å²) in [7, 11) is 0.776. The van der Waals surface area contributed by atoms with Crippen molar-refractivity contribution in [3.05, 3.63) is 24.0 Å². The molecule has 1 spiro atoms. The molecule has 3 aliphatic rings. The van der Waals surface area contributed by atoms with E-state index in [0.29, 0.717) is 25.5 Å². The van der Waals surface area contributed by atoms with Gasteiger partial charge in [-0.2, -0.15) is 0 Å². The van der Waals surface area contributed by atoms with Crippen LogP contribution in [0.25, 0.3) is 11.0 Å². The van der Waals surface area contributed by atoms with E-state index in [4.69, 9.17) is 28.5 Å². The third-order valence-electron chi connectivity index (χ3n) is 8.15. The summed E-state index contributed by atoms with van der Waals surface area (Å²) in [4.78, 5) is 35.7. The fraction of sp³-hybridized carbons (Fsp3) is 0.654. The number of rotatable bonds is 5. The Bertz CT molecular complexity index is 1210. The zero-order valence-electron chi connectivity index (χ0n) is 23.1. The lowest BCUT2D eigenvalue weighted by Gasteiger charge is -2.32. The van der Waals surface area contributed by atoms with Crippen molar-refractivity contribution in [3.63, 3.8) is 0 Å². The van der Waals surface area contributed by atoms with E-state index in [9.17, 15) is 9.59 Å². The van der Waals surface area contributed by atoms with Crippen molar-refractivity contribution >= 4 is 35.6 Å². The summed E-state index contributed by atoms with van der Waals surface area (Å²) in [5.74, 6) is -0.692. The van der Waals surface area contributed by atoms with Gasteiger partial charge in [0.15, 0.2) is 5.79 Å². The lowest BCUT2D eigenvalue weighted by molar-refractivity contribution is -0.153. The molecule has 3 fully saturated rings. The Morgan fingerprint density at radius 3 is 2.42 bits per heavy atom. The van der Waals surface area contributed by atoms with Gasteiger partial charge in [-0.05, 0) is 51.2 Å². The van der Waals surface area contributed by atoms with Gasteiger partial charge in [0.25, 0.3) is 0 Å². The zero-order valence-corrected chi connectivity index (χ0v) is 23.1. The van der Waals surface area contributed by atoms with E-state index in [1.807, 2.05) is 59.7 Å². The number of methoxy groups -OCH3 is 1. The second-order valence-electron chi connectivity index (χ2n) is 11.6. The van der Waals surface area contributed by atoms with Gasteiger partial charge in [-0.25, -0.2) is 9.78 Å². The molecule has 0 saturated carbocycles. The Morgan fingerprint density at radius 2 is 1.82 bits per heavy atom. The minimum absolute atomic E-state index is 0.164. The SMILES string of the molecule is COC(=O)NC(C(=O)N1CC2(CC1c1nc3ccc(B4OC(C)(C)C(C)(C)O4)cc3[nH]1)OCCO2)C(C)C. The number of aromatic amines is 1. The summed E-state index contributed by atoms with van der Waals surface area (Å²) in [6, 6.07) is 4.63. The third kappa shape index (κ3) is 4.68. The minimum Gasteiger partial charge on any atom is -0.453 e. The number of hydrogen-bond donors (Lipinski definition) is 2. The van der Waals surface area contributed by atoms with Crippen LogP contribution in [0.3, 0.4) is 0 Å². The number of likely N-dealkylation sites (tertiary alicyclic amines) is 1. The van der Waals surface area contributed by atoms with Crippen LogP contribution in [0.15, 0.2) is 18.2 Å². The van der Waals surface area contributed by atoms with Crippen molar-refractivity contribution in [3.8, 4) is 0 Å². The minimum atomic E-state index is -0.903. The number of nitrogens with one attached hydrogen (secondary N) is 2. The predicted molar refractivity (Wildman–Crippen MR) is 140 cm³/mol. The molecule has 2 unspecified atom stereocenters. The molecule has 3 aliphatic heterocycles. The Kier molecular flexibility index (Phi) is 6.74. The van der Waals surface area contributed by atoms with E-state index >= 15 is 0 Å². The van der Waals surface area contributed by atoms with E-state index in [1.54, 1.807) is 4.90 Å². The average molecular weight is 528 g/mol. The van der Waals surface area contributed by atoms with Crippen LogP contribution in [0.1, 0.15) is 59.8 Å². The molecule has 0 aliphatic carbocycles. The van der Waals surface area contributed by atoms with Gasteiger partial charge in [-0.3, -0.25) is 4.79 Å². The van der Waals surface area contributed by atoms with Gasteiger partial charge in [0.05, 0.1) is 55.1 Å². The van der Waals surface area contributed by atoms with Crippen molar-refractivity contribution in [2.75, 3.05) is 26.9 Å².